The van der Waals surface area contributed by atoms with Crippen LogP contribution in [0.15, 0.2) is 0 Å². The topological polar surface area (TPSA) is 127 Å². The van der Waals surface area contributed by atoms with Gasteiger partial charge in [-0.15, -0.1) is 0 Å². The van der Waals surface area contributed by atoms with Crippen LogP contribution in [0.2, 0.25) is 0 Å². The fourth-order valence-electron chi connectivity index (χ4n) is 3.29. The van der Waals surface area contributed by atoms with Crippen LogP contribution in [0.1, 0.15) is 110 Å². The molecule has 9 heteroatoms. The second-order valence-corrected chi connectivity index (χ2v) is 9.67. The van der Waals surface area contributed by atoms with E-state index in [0.717, 1.165) is 19.3 Å². The minimum atomic E-state index is -4.87. The third kappa shape index (κ3) is 18.1. The van der Waals surface area contributed by atoms with Crippen LogP contribution in [0.25, 0.3) is 0 Å². The van der Waals surface area contributed by atoms with E-state index in [4.69, 9.17) is 19.1 Å². The fourth-order valence-corrected chi connectivity index (χ4v) is 3.94. The maximum absolute atomic E-state index is 11.8. The summed E-state index contributed by atoms with van der Waals surface area (Å²) >= 11 is 0. The summed E-state index contributed by atoms with van der Waals surface area (Å²) in [5, 5.41) is 6.51. The average molecular weight is 467 g/mol. The minimum Gasteiger partial charge on any atom is -0.481 e. The summed E-state index contributed by atoms with van der Waals surface area (Å²) < 4.78 is 41.4. The molecule has 0 aliphatic rings. The van der Waals surface area contributed by atoms with Crippen LogP contribution in [0, 0.1) is 0 Å². The molecule has 0 aliphatic heterocycles. The van der Waals surface area contributed by atoms with E-state index in [1.54, 1.807) is 0 Å². The molecule has 0 bridgehead atoms. The van der Waals surface area contributed by atoms with Crippen molar-refractivity contribution in [1.29, 1.82) is 0 Å². The Morgan fingerprint density at radius 1 is 0.806 bits per heavy atom. The first-order chi connectivity index (χ1) is 14.7. The third-order valence-corrected chi connectivity index (χ3v) is 6.19. The van der Waals surface area contributed by atoms with Gasteiger partial charge in [-0.3, -0.25) is 14.1 Å². The molecule has 0 heterocycles. The number of ether oxygens (including phenoxy) is 2. The Morgan fingerprint density at radius 3 is 1.61 bits per heavy atom. The zero-order chi connectivity index (χ0) is 23.5. The number of hydrogen-bond acceptors (Lipinski definition) is 6. The Kier molecular flexibility index (Phi) is 17.7. The van der Waals surface area contributed by atoms with E-state index < -0.39 is 40.0 Å². The summed E-state index contributed by atoms with van der Waals surface area (Å²) in [7, 11) is -4.87. The molecule has 184 valence electrons. The van der Waals surface area contributed by atoms with Crippen molar-refractivity contribution >= 4 is 22.1 Å². The van der Waals surface area contributed by atoms with Crippen molar-refractivity contribution in [2.75, 3.05) is 6.61 Å². The number of carboxylic acid groups (broad SMARTS) is 1. The molecule has 2 atom stereocenters. The van der Waals surface area contributed by atoms with Gasteiger partial charge in [0.1, 0.15) is 0 Å². The molecule has 31 heavy (non-hydrogen) atoms. The van der Waals surface area contributed by atoms with E-state index in [9.17, 15) is 18.0 Å². The van der Waals surface area contributed by atoms with Gasteiger partial charge in [0.05, 0.1) is 13.0 Å². The van der Waals surface area contributed by atoms with E-state index in [1.807, 2.05) is 0 Å². The Morgan fingerprint density at radius 2 is 1.23 bits per heavy atom. The van der Waals surface area contributed by atoms with E-state index >= 15 is 0 Å². The molecule has 0 saturated heterocycles. The van der Waals surface area contributed by atoms with Crippen LogP contribution in [-0.4, -0.2) is 48.2 Å². The SMILES string of the molecule is CCCCCCCCCCCCCCCCOC(C)OC(=O)C(CC(=O)O)S(=O)(=O)O. The van der Waals surface area contributed by atoms with Crippen molar-refractivity contribution in [2.45, 2.75) is 122 Å². The standard InChI is InChI=1S/C22H42O8S/c1-3-4-5-6-7-8-9-10-11-12-13-14-15-16-17-29-19(2)30-22(25)20(18-21(23)24)31(26,27)28/h19-20H,3-18H2,1-2H3,(H,23,24)(H,26,27,28). The Labute approximate surface area is 187 Å². The van der Waals surface area contributed by atoms with Crippen LogP contribution >= 0.6 is 0 Å². The van der Waals surface area contributed by atoms with Gasteiger partial charge in [0.2, 0.25) is 0 Å². The van der Waals surface area contributed by atoms with E-state index in [2.05, 4.69) is 6.92 Å². The normalized spacial score (nSPS) is 13.6. The summed E-state index contributed by atoms with van der Waals surface area (Å²) in [4.78, 5) is 22.5. The van der Waals surface area contributed by atoms with Crippen LogP contribution in [0.4, 0.5) is 0 Å². The predicted molar refractivity (Wildman–Crippen MR) is 119 cm³/mol. The maximum Gasteiger partial charge on any atom is 0.329 e. The van der Waals surface area contributed by atoms with Crippen LogP contribution in [0.3, 0.4) is 0 Å². The molecule has 0 spiro atoms. The highest BCUT2D eigenvalue weighted by Crippen LogP contribution is 2.13. The van der Waals surface area contributed by atoms with Crippen molar-refractivity contribution in [3.05, 3.63) is 0 Å². The lowest BCUT2D eigenvalue weighted by molar-refractivity contribution is -0.175. The van der Waals surface area contributed by atoms with Crippen molar-refractivity contribution in [1.82, 2.24) is 0 Å². The first-order valence-corrected chi connectivity index (χ1v) is 13.2. The minimum absolute atomic E-state index is 0.349. The van der Waals surface area contributed by atoms with Crippen LogP contribution in [-0.2, 0) is 29.2 Å². The second kappa shape index (κ2) is 18.4. The van der Waals surface area contributed by atoms with Crippen molar-refractivity contribution < 1.29 is 37.1 Å². The fraction of sp³-hybridized carbons (Fsp3) is 0.909. The monoisotopic (exact) mass is 466 g/mol. The largest absolute Gasteiger partial charge is 0.481 e. The van der Waals surface area contributed by atoms with E-state index in [-0.39, 0.29) is 0 Å². The van der Waals surface area contributed by atoms with E-state index in [0.29, 0.717) is 6.61 Å². The predicted octanol–water partition coefficient (Wildman–Crippen LogP) is 5.10. The van der Waals surface area contributed by atoms with Gasteiger partial charge in [-0.1, -0.05) is 90.4 Å². The molecular weight excluding hydrogens is 424 g/mol. The van der Waals surface area contributed by atoms with Gasteiger partial charge in [0.25, 0.3) is 10.1 Å². The molecule has 8 nitrogen and oxygen atoms in total. The van der Waals surface area contributed by atoms with Gasteiger partial charge < -0.3 is 14.6 Å². The summed E-state index contributed by atoms with van der Waals surface area (Å²) in [6.07, 6.45) is 15.3. The molecule has 0 fully saturated rings. The molecule has 2 unspecified atom stereocenters. The highest BCUT2D eigenvalue weighted by molar-refractivity contribution is 7.87. The van der Waals surface area contributed by atoms with Gasteiger partial charge >= 0.3 is 11.9 Å². The zero-order valence-electron chi connectivity index (χ0n) is 19.2. The Hall–Kier alpha value is -1.19. The molecule has 0 aromatic rings. The molecular formula is C22H42O8S. The smallest absolute Gasteiger partial charge is 0.329 e. The summed E-state index contributed by atoms with van der Waals surface area (Å²) in [6, 6.07) is 0. The highest BCUT2D eigenvalue weighted by Gasteiger charge is 2.35. The molecule has 2 N–H and O–H groups in total. The number of rotatable bonds is 21. The zero-order valence-corrected chi connectivity index (χ0v) is 20.0. The van der Waals surface area contributed by atoms with Crippen molar-refractivity contribution in [3.63, 3.8) is 0 Å². The lowest BCUT2D eigenvalue weighted by atomic mass is 10.0. The number of esters is 1. The van der Waals surface area contributed by atoms with Gasteiger partial charge in [-0.25, -0.2) is 0 Å². The average Bonchev–Trinajstić information content (AvgIpc) is 2.68. The summed E-state index contributed by atoms with van der Waals surface area (Å²) in [5.41, 5.74) is 0. The molecule has 0 saturated carbocycles. The first kappa shape index (κ1) is 29.8. The number of aliphatic carboxylic acids is 1. The number of carbonyl (C=O) groups excluding carboxylic acids is 1. The lowest BCUT2D eigenvalue weighted by Gasteiger charge is -2.17. The van der Waals surface area contributed by atoms with Crippen molar-refractivity contribution in [2.24, 2.45) is 0 Å². The van der Waals surface area contributed by atoms with Gasteiger partial charge in [-0.2, -0.15) is 8.42 Å². The number of hydrogen-bond donors (Lipinski definition) is 2. The number of carbonyl (C=O) groups is 2. The number of carboxylic acids is 1. The first-order valence-electron chi connectivity index (χ1n) is 11.7. The Bertz CT molecular complexity index is 576. The third-order valence-electron chi connectivity index (χ3n) is 5.12. The van der Waals surface area contributed by atoms with Crippen LogP contribution in [0.5, 0.6) is 0 Å². The number of unbranched alkanes of at least 4 members (excludes halogenated alkanes) is 13. The van der Waals surface area contributed by atoms with Crippen molar-refractivity contribution in [3.8, 4) is 0 Å². The summed E-state index contributed by atoms with van der Waals surface area (Å²) in [5.74, 6) is -2.87. The van der Waals surface area contributed by atoms with Gasteiger partial charge in [0.15, 0.2) is 11.5 Å². The lowest BCUT2D eigenvalue weighted by Crippen LogP contribution is -2.36. The molecule has 0 aromatic carbocycles. The van der Waals surface area contributed by atoms with E-state index in [1.165, 1.54) is 77.6 Å². The molecule has 0 aliphatic carbocycles. The molecule has 0 amide bonds. The van der Waals surface area contributed by atoms with Crippen LogP contribution < -0.4 is 0 Å². The second-order valence-electron chi connectivity index (χ2n) is 8.07. The molecule has 0 aromatic heterocycles. The maximum atomic E-state index is 11.8. The highest BCUT2D eigenvalue weighted by atomic mass is 32.2. The molecule has 0 rings (SSSR count). The van der Waals surface area contributed by atoms with Gasteiger partial charge in [0, 0.05) is 0 Å². The Balaban J connectivity index is 3.66. The van der Waals surface area contributed by atoms with Gasteiger partial charge in [-0.05, 0) is 13.3 Å². The molecule has 0 radical (unpaired) electrons. The summed E-state index contributed by atoms with van der Waals surface area (Å²) in [6.45, 7) is 4.01. The quantitative estimate of drug-likeness (QED) is 0.103.